The molecule has 8 heteroatoms. The molecular formula is C21H32IN5O2. The zero-order chi connectivity index (χ0) is 19.9. The fourth-order valence-electron chi connectivity index (χ4n) is 4.18. The molecule has 1 aromatic carbocycles. The van der Waals surface area contributed by atoms with E-state index in [2.05, 4.69) is 27.3 Å². The molecule has 2 amide bonds. The second-order valence-corrected chi connectivity index (χ2v) is 7.71. The van der Waals surface area contributed by atoms with Gasteiger partial charge in [-0.25, -0.2) is 0 Å². The highest BCUT2D eigenvalue weighted by atomic mass is 127. The van der Waals surface area contributed by atoms with Crippen molar-refractivity contribution in [3.8, 4) is 0 Å². The average molecular weight is 513 g/mol. The lowest BCUT2D eigenvalue weighted by molar-refractivity contribution is -0.128. The van der Waals surface area contributed by atoms with Crippen molar-refractivity contribution in [3.05, 3.63) is 35.4 Å². The van der Waals surface area contributed by atoms with Gasteiger partial charge in [0.05, 0.1) is 0 Å². The first-order chi connectivity index (χ1) is 13.6. The first-order valence-corrected chi connectivity index (χ1v) is 10.1. The number of guanidine groups is 1. The zero-order valence-electron chi connectivity index (χ0n) is 17.1. The Kier molecular flexibility index (Phi) is 9.19. The molecule has 0 aromatic heterocycles. The second kappa shape index (κ2) is 11.4. The van der Waals surface area contributed by atoms with Crippen LogP contribution in [0.2, 0.25) is 0 Å². The number of halogens is 1. The third-order valence-corrected chi connectivity index (χ3v) is 5.61. The number of carbonyl (C=O) groups is 2. The number of carbonyl (C=O) groups excluding carboxylic acids is 2. The number of likely N-dealkylation sites (tertiary alicyclic amines) is 2. The van der Waals surface area contributed by atoms with E-state index in [1.165, 1.54) is 11.1 Å². The van der Waals surface area contributed by atoms with Gasteiger partial charge in [0.25, 0.3) is 0 Å². The second-order valence-electron chi connectivity index (χ2n) is 7.71. The normalized spacial score (nSPS) is 19.8. The van der Waals surface area contributed by atoms with Crippen molar-refractivity contribution < 1.29 is 9.59 Å². The Balaban J connectivity index is 0.00000300. The number of nitrogens with zero attached hydrogens (tertiary/aromatic N) is 3. The van der Waals surface area contributed by atoms with Gasteiger partial charge < -0.3 is 20.9 Å². The number of primary amides is 1. The highest BCUT2D eigenvalue weighted by Crippen LogP contribution is 2.20. The minimum Gasteiger partial charge on any atom is -0.370 e. The number of rotatable bonds is 6. The van der Waals surface area contributed by atoms with Crippen molar-refractivity contribution >= 4 is 41.8 Å². The Bertz CT molecular complexity index is 740. The first kappa shape index (κ1) is 23.4. The number of nitrogens with two attached hydrogens (primary N) is 1. The maximum atomic E-state index is 12.0. The molecule has 2 saturated heterocycles. The van der Waals surface area contributed by atoms with Crippen LogP contribution in [0.1, 0.15) is 43.2 Å². The number of nitrogens with one attached hydrogen (secondary N) is 1. The van der Waals surface area contributed by atoms with Crippen LogP contribution in [0.3, 0.4) is 0 Å². The third-order valence-electron chi connectivity index (χ3n) is 5.61. The van der Waals surface area contributed by atoms with E-state index >= 15 is 0 Å². The molecule has 3 N–H and O–H groups in total. The summed E-state index contributed by atoms with van der Waals surface area (Å²) >= 11 is 0. The van der Waals surface area contributed by atoms with Gasteiger partial charge in [-0.2, -0.15) is 0 Å². The van der Waals surface area contributed by atoms with E-state index in [1.807, 2.05) is 17.0 Å². The van der Waals surface area contributed by atoms with E-state index in [9.17, 15) is 9.59 Å². The quantitative estimate of drug-likeness (QED) is 0.346. The zero-order valence-corrected chi connectivity index (χ0v) is 19.4. The van der Waals surface area contributed by atoms with Crippen LogP contribution in [-0.4, -0.2) is 54.3 Å². The molecule has 29 heavy (non-hydrogen) atoms. The van der Waals surface area contributed by atoms with Crippen LogP contribution in [-0.2, 0) is 22.7 Å². The predicted molar refractivity (Wildman–Crippen MR) is 125 cm³/mol. The molecular weight excluding hydrogens is 481 g/mol. The first-order valence-electron chi connectivity index (χ1n) is 10.1. The summed E-state index contributed by atoms with van der Waals surface area (Å²) in [6.07, 6.45) is 4.11. The van der Waals surface area contributed by atoms with E-state index in [0.717, 1.165) is 44.9 Å². The van der Waals surface area contributed by atoms with Crippen LogP contribution in [0.25, 0.3) is 0 Å². The van der Waals surface area contributed by atoms with Crippen molar-refractivity contribution in [2.24, 2.45) is 16.6 Å². The molecule has 7 nitrogen and oxygen atoms in total. The van der Waals surface area contributed by atoms with E-state index in [4.69, 9.17) is 5.73 Å². The molecule has 0 radical (unpaired) electrons. The number of benzene rings is 1. The molecule has 0 spiro atoms. The fourth-order valence-corrected chi connectivity index (χ4v) is 4.18. The smallest absolute Gasteiger partial charge is 0.222 e. The Morgan fingerprint density at radius 2 is 2.00 bits per heavy atom. The number of piperidine rings is 1. The predicted octanol–water partition coefficient (Wildman–Crippen LogP) is 2.09. The lowest BCUT2D eigenvalue weighted by Gasteiger charge is -2.34. The number of hydrogen-bond acceptors (Lipinski definition) is 3. The summed E-state index contributed by atoms with van der Waals surface area (Å²) in [6.45, 7) is 3.89. The summed E-state index contributed by atoms with van der Waals surface area (Å²) in [7, 11) is 1.79. The molecule has 0 bridgehead atoms. The van der Waals surface area contributed by atoms with Crippen molar-refractivity contribution in [1.82, 2.24) is 15.1 Å². The summed E-state index contributed by atoms with van der Waals surface area (Å²) < 4.78 is 0. The molecule has 3 rings (SSSR count). The lowest BCUT2D eigenvalue weighted by Crippen LogP contribution is -2.47. The minimum absolute atomic E-state index is 0. The molecule has 1 atom stereocenters. The van der Waals surface area contributed by atoms with Crippen LogP contribution < -0.4 is 11.1 Å². The summed E-state index contributed by atoms with van der Waals surface area (Å²) in [5, 5.41) is 3.46. The van der Waals surface area contributed by atoms with Crippen LogP contribution in [0.15, 0.2) is 29.3 Å². The Morgan fingerprint density at radius 1 is 1.24 bits per heavy atom. The SMILES string of the molecule is CN=C(NCc1ccccc1CN1CCCC1=O)N1CCCC(CC(N)=O)C1.I. The number of hydrogen-bond donors (Lipinski definition) is 2. The maximum Gasteiger partial charge on any atom is 0.222 e. The van der Waals surface area contributed by atoms with Crippen molar-refractivity contribution in [2.45, 2.75) is 45.2 Å². The van der Waals surface area contributed by atoms with Gasteiger partial charge in [0.15, 0.2) is 5.96 Å². The minimum atomic E-state index is -0.236. The highest BCUT2D eigenvalue weighted by molar-refractivity contribution is 14.0. The van der Waals surface area contributed by atoms with Gasteiger partial charge >= 0.3 is 0 Å². The molecule has 0 aliphatic carbocycles. The Labute approximate surface area is 190 Å². The van der Waals surface area contributed by atoms with Gasteiger partial charge in [0, 0.05) is 52.6 Å². The third kappa shape index (κ3) is 6.58. The standard InChI is InChI=1S/C21H31N5O2.HI/c1-23-21(26-11-4-6-16(14-26)12-19(22)27)24-13-17-7-2-3-8-18(17)15-25-10-5-9-20(25)28;/h2-3,7-8,16H,4-6,9-15H2,1H3,(H2,22,27)(H,23,24);1H. The highest BCUT2D eigenvalue weighted by Gasteiger charge is 2.24. The van der Waals surface area contributed by atoms with Gasteiger partial charge in [-0.15, -0.1) is 24.0 Å². The van der Waals surface area contributed by atoms with Gasteiger partial charge in [0.2, 0.25) is 11.8 Å². The van der Waals surface area contributed by atoms with Gasteiger partial charge in [-0.3, -0.25) is 14.6 Å². The van der Waals surface area contributed by atoms with Crippen LogP contribution >= 0.6 is 24.0 Å². The van der Waals surface area contributed by atoms with E-state index in [1.54, 1.807) is 7.05 Å². The van der Waals surface area contributed by atoms with E-state index in [-0.39, 0.29) is 35.8 Å². The molecule has 2 aliphatic rings. The molecule has 2 fully saturated rings. The summed E-state index contributed by atoms with van der Waals surface area (Å²) in [6, 6.07) is 8.24. The topological polar surface area (TPSA) is 91.0 Å². The molecule has 2 aliphatic heterocycles. The average Bonchev–Trinajstić information content (AvgIpc) is 3.08. The molecule has 2 heterocycles. The summed E-state index contributed by atoms with van der Waals surface area (Å²) in [5.41, 5.74) is 7.72. The van der Waals surface area contributed by atoms with Gasteiger partial charge in [-0.05, 0) is 36.3 Å². The molecule has 0 saturated carbocycles. The van der Waals surface area contributed by atoms with Gasteiger partial charge in [0.1, 0.15) is 0 Å². The molecule has 1 unspecified atom stereocenters. The van der Waals surface area contributed by atoms with Crippen molar-refractivity contribution in [2.75, 3.05) is 26.7 Å². The van der Waals surface area contributed by atoms with E-state index in [0.29, 0.717) is 31.8 Å². The lowest BCUT2D eigenvalue weighted by atomic mass is 9.95. The summed E-state index contributed by atoms with van der Waals surface area (Å²) in [4.78, 5) is 31.8. The Hall–Kier alpha value is -1.84. The largest absolute Gasteiger partial charge is 0.370 e. The van der Waals surface area contributed by atoms with Crippen molar-refractivity contribution in [1.29, 1.82) is 0 Å². The fraction of sp³-hybridized carbons (Fsp3) is 0.571. The summed E-state index contributed by atoms with van der Waals surface area (Å²) in [5.74, 6) is 1.15. The maximum absolute atomic E-state index is 12.0. The van der Waals surface area contributed by atoms with Crippen molar-refractivity contribution in [3.63, 3.8) is 0 Å². The Morgan fingerprint density at radius 3 is 2.66 bits per heavy atom. The van der Waals surface area contributed by atoms with Crippen LogP contribution in [0.4, 0.5) is 0 Å². The number of aliphatic imine (C=N–C) groups is 1. The van der Waals surface area contributed by atoms with Crippen LogP contribution in [0, 0.1) is 5.92 Å². The number of amides is 2. The van der Waals surface area contributed by atoms with Gasteiger partial charge in [-0.1, -0.05) is 24.3 Å². The monoisotopic (exact) mass is 513 g/mol. The van der Waals surface area contributed by atoms with Crippen LogP contribution in [0.5, 0.6) is 0 Å². The molecule has 160 valence electrons. The molecule has 1 aromatic rings. The van der Waals surface area contributed by atoms with E-state index < -0.39 is 0 Å².